The van der Waals surface area contributed by atoms with Gasteiger partial charge in [0.15, 0.2) is 0 Å². The lowest BCUT2D eigenvalue weighted by Gasteiger charge is -2.30. The average Bonchev–Trinajstić information content (AvgIpc) is 2.20. The van der Waals surface area contributed by atoms with Gasteiger partial charge in [-0.05, 0) is 26.8 Å². The molecule has 0 aliphatic heterocycles. The summed E-state index contributed by atoms with van der Waals surface area (Å²) in [6.07, 6.45) is -4.17. The Morgan fingerprint density at radius 3 is 2.11 bits per heavy atom. The summed E-state index contributed by atoms with van der Waals surface area (Å²) in [4.78, 5) is 0. The second-order valence-corrected chi connectivity index (χ2v) is 6.21. The van der Waals surface area contributed by atoms with Crippen LogP contribution in [0.4, 0.5) is 13.2 Å². The predicted octanol–water partition coefficient (Wildman–Crippen LogP) is 0.785. The summed E-state index contributed by atoms with van der Waals surface area (Å²) in [5, 5.41) is 0. The molecule has 0 unspecified atom stereocenters. The van der Waals surface area contributed by atoms with E-state index in [1.807, 2.05) is 0 Å². The zero-order valence-corrected chi connectivity index (χ0v) is 11.6. The van der Waals surface area contributed by atoms with E-state index < -0.39 is 29.0 Å². The van der Waals surface area contributed by atoms with Crippen LogP contribution in [0, 0.1) is 0 Å². The van der Waals surface area contributed by atoms with Crippen molar-refractivity contribution >= 4 is 10.2 Å². The Bertz CT molecular complexity index is 343. The van der Waals surface area contributed by atoms with Gasteiger partial charge in [-0.3, -0.25) is 0 Å². The third kappa shape index (κ3) is 5.51. The van der Waals surface area contributed by atoms with Crippen LogP contribution in [-0.2, 0) is 10.2 Å². The van der Waals surface area contributed by atoms with Gasteiger partial charge in [-0.1, -0.05) is 0 Å². The quantitative estimate of drug-likeness (QED) is 0.754. The summed E-state index contributed by atoms with van der Waals surface area (Å²) >= 11 is 0. The fraction of sp³-hybridized carbons (Fsp3) is 1.00. The van der Waals surface area contributed by atoms with Gasteiger partial charge in [-0.25, -0.2) is 0 Å². The molecule has 0 amide bonds. The normalized spacial score (nSPS) is 13.9. The van der Waals surface area contributed by atoms with Crippen LogP contribution in [-0.4, -0.2) is 55.9 Å². The molecule has 5 nitrogen and oxygen atoms in total. The number of halogens is 3. The molecule has 18 heavy (non-hydrogen) atoms. The van der Waals surface area contributed by atoms with Crippen LogP contribution in [0.25, 0.3) is 0 Å². The lowest BCUT2D eigenvalue weighted by Crippen LogP contribution is -2.49. The van der Waals surface area contributed by atoms with Crippen LogP contribution < -0.4 is 5.73 Å². The van der Waals surface area contributed by atoms with Gasteiger partial charge in [0.25, 0.3) is 10.2 Å². The molecule has 0 fully saturated rings. The van der Waals surface area contributed by atoms with Crippen molar-refractivity contribution in [2.24, 2.45) is 5.73 Å². The summed E-state index contributed by atoms with van der Waals surface area (Å²) in [6.45, 7) is 1.70. The molecule has 9 heteroatoms. The number of hydrogen-bond acceptors (Lipinski definition) is 3. The second-order valence-electron chi connectivity index (χ2n) is 4.23. The monoisotopic (exact) mass is 291 g/mol. The van der Waals surface area contributed by atoms with Gasteiger partial charge in [0.1, 0.15) is 6.54 Å². The highest BCUT2D eigenvalue weighted by Crippen LogP contribution is 2.21. The molecule has 110 valence electrons. The van der Waals surface area contributed by atoms with E-state index in [4.69, 9.17) is 5.73 Å². The summed E-state index contributed by atoms with van der Waals surface area (Å²) < 4.78 is 62.4. The van der Waals surface area contributed by atoms with Crippen molar-refractivity contribution in [3.8, 4) is 0 Å². The van der Waals surface area contributed by atoms with Crippen molar-refractivity contribution in [2.45, 2.75) is 32.5 Å². The summed E-state index contributed by atoms with van der Waals surface area (Å²) in [6, 6.07) is -0.767. The minimum absolute atomic E-state index is 0.0971. The molecule has 0 aliphatic rings. The van der Waals surface area contributed by atoms with Crippen molar-refractivity contribution in [3.63, 3.8) is 0 Å². The fourth-order valence-corrected chi connectivity index (χ4v) is 2.88. The van der Waals surface area contributed by atoms with Crippen LogP contribution in [0.15, 0.2) is 0 Å². The third-order valence-electron chi connectivity index (χ3n) is 2.28. The molecule has 0 saturated heterocycles. The summed E-state index contributed by atoms with van der Waals surface area (Å²) in [5.74, 6) is 0. The zero-order chi connectivity index (χ0) is 14.6. The van der Waals surface area contributed by atoms with Gasteiger partial charge in [0.05, 0.1) is 0 Å². The molecule has 0 aromatic carbocycles. The highest BCUT2D eigenvalue weighted by atomic mass is 32.2. The first-order valence-corrected chi connectivity index (χ1v) is 6.92. The predicted molar refractivity (Wildman–Crippen MR) is 63.1 cm³/mol. The fourth-order valence-electron chi connectivity index (χ4n) is 1.32. The molecule has 0 spiro atoms. The lowest BCUT2D eigenvalue weighted by atomic mass is 10.4. The molecule has 0 aromatic heterocycles. The van der Waals surface area contributed by atoms with E-state index in [1.54, 1.807) is 0 Å². The van der Waals surface area contributed by atoms with Crippen LogP contribution >= 0.6 is 0 Å². The molecule has 0 rings (SSSR count). The van der Waals surface area contributed by atoms with Crippen LogP contribution in [0.3, 0.4) is 0 Å². The van der Waals surface area contributed by atoms with Gasteiger partial charge < -0.3 is 5.73 Å². The molecule has 0 saturated carbocycles. The van der Waals surface area contributed by atoms with Crippen LogP contribution in [0.1, 0.15) is 20.3 Å². The van der Waals surface area contributed by atoms with Gasteiger partial charge in [0, 0.05) is 19.6 Å². The Morgan fingerprint density at radius 1 is 1.28 bits per heavy atom. The average molecular weight is 291 g/mol. The molecule has 0 bridgehead atoms. The van der Waals surface area contributed by atoms with Crippen molar-refractivity contribution in [1.29, 1.82) is 0 Å². The smallest absolute Gasteiger partial charge is 0.330 e. The Morgan fingerprint density at radius 2 is 1.78 bits per heavy atom. The van der Waals surface area contributed by atoms with Crippen molar-refractivity contribution in [1.82, 2.24) is 8.61 Å². The first-order chi connectivity index (χ1) is 8.02. The number of nitrogens with two attached hydrogens (primary N) is 1. The van der Waals surface area contributed by atoms with Crippen LogP contribution in [0.2, 0.25) is 0 Å². The number of nitrogens with zero attached hydrogens (tertiary/aromatic N) is 2. The van der Waals surface area contributed by atoms with Gasteiger partial charge in [-0.15, -0.1) is 0 Å². The standard InChI is InChI=1S/C9H20F3N3O2S/c1-8(2)15(7-9(10,11)12)18(16,17)14(3)6-4-5-13/h8H,4-7,13H2,1-3H3. The van der Waals surface area contributed by atoms with Gasteiger partial charge >= 0.3 is 6.18 Å². The Hall–Kier alpha value is -0.380. The Kier molecular flexibility index (Phi) is 6.55. The highest BCUT2D eigenvalue weighted by molar-refractivity contribution is 7.86. The molecular formula is C9H20F3N3O2S. The zero-order valence-electron chi connectivity index (χ0n) is 10.7. The van der Waals surface area contributed by atoms with Crippen molar-refractivity contribution in [3.05, 3.63) is 0 Å². The van der Waals surface area contributed by atoms with E-state index in [9.17, 15) is 21.6 Å². The SMILES string of the molecule is CC(C)N(CC(F)(F)F)S(=O)(=O)N(C)CCCN. The minimum Gasteiger partial charge on any atom is -0.330 e. The molecule has 0 radical (unpaired) electrons. The molecule has 0 heterocycles. The van der Waals surface area contributed by atoms with E-state index >= 15 is 0 Å². The maximum absolute atomic E-state index is 12.4. The maximum atomic E-state index is 12.4. The number of hydrogen-bond donors (Lipinski definition) is 1. The van der Waals surface area contributed by atoms with Crippen molar-refractivity contribution < 1.29 is 21.6 Å². The first-order valence-electron chi connectivity index (χ1n) is 5.52. The van der Waals surface area contributed by atoms with E-state index in [0.717, 1.165) is 4.31 Å². The molecular weight excluding hydrogens is 271 g/mol. The summed E-state index contributed by atoms with van der Waals surface area (Å²) in [5.41, 5.74) is 5.24. The van der Waals surface area contributed by atoms with Crippen LogP contribution in [0.5, 0.6) is 0 Å². The topological polar surface area (TPSA) is 66.6 Å². The highest BCUT2D eigenvalue weighted by Gasteiger charge is 2.39. The molecule has 0 aromatic rings. The van der Waals surface area contributed by atoms with Crippen molar-refractivity contribution in [2.75, 3.05) is 26.7 Å². The van der Waals surface area contributed by atoms with Gasteiger partial charge in [0.2, 0.25) is 0 Å². The Balaban J connectivity index is 4.99. The minimum atomic E-state index is -4.56. The molecule has 2 N–H and O–H groups in total. The largest absolute Gasteiger partial charge is 0.402 e. The first kappa shape index (κ1) is 17.6. The third-order valence-corrected chi connectivity index (χ3v) is 4.39. The maximum Gasteiger partial charge on any atom is 0.402 e. The van der Waals surface area contributed by atoms with E-state index in [1.165, 1.54) is 20.9 Å². The Labute approximate surface area is 106 Å². The van der Waals surface area contributed by atoms with E-state index in [2.05, 4.69) is 0 Å². The molecule has 0 atom stereocenters. The second kappa shape index (κ2) is 6.69. The van der Waals surface area contributed by atoms with Gasteiger partial charge in [-0.2, -0.15) is 30.2 Å². The summed E-state index contributed by atoms with van der Waals surface area (Å²) in [7, 11) is -2.87. The van der Waals surface area contributed by atoms with E-state index in [-0.39, 0.29) is 13.1 Å². The number of rotatable bonds is 7. The molecule has 0 aliphatic carbocycles. The lowest BCUT2D eigenvalue weighted by molar-refractivity contribution is -0.138. The number of alkyl halides is 3. The van der Waals surface area contributed by atoms with E-state index in [0.29, 0.717) is 10.7 Å².